The maximum Gasteiger partial charge on any atom is 0.225 e. The fourth-order valence-corrected chi connectivity index (χ4v) is 2.37. The van der Waals surface area contributed by atoms with Crippen molar-refractivity contribution in [2.45, 2.75) is 18.8 Å². The first-order valence-corrected chi connectivity index (χ1v) is 7.09. The summed E-state index contributed by atoms with van der Waals surface area (Å²) >= 11 is 0. The van der Waals surface area contributed by atoms with E-state index in [-0.39, 0.29) is 12.2 Å². The molecule has 21 heavy (non-hydrogen) atoms. The summed E-state index contributed by atoms with van der Waals surface area (Å²) in [6.07, 6.45) is 3.83. The highest BCUT2D eigenvalue weighted by Gasteiger charge is 2.34. The Morgan fingerprint density at radius 2 is 1.76 bits per heavy atom. The molecular formula is C14H24N4O3. The molecule has 1 fully saturated rings. The molecule has 2 unspecified atom stereocenters. The summed E-state index contributed by atoms with van der Waals surface area (Å²) in [5, 5.41) is 3.27. The minimum atomic E-state index is 0.0639. The zero-order valence-corrected chi connectivity index (χ0v) is 12.9. The minimum absolute atomic E-state index is 0.0639. The van der Waals surface area contributed by atoms with Crippen LogP contribution in [0.3, 0.4) is 0 Å². The lowest BCUT2D eigenvalue weighted by Gasteiger charge is -2.15. The van der Waals surface area contributed by atoms with Gasteiger partial charge in [-0.2, -0.15) is 0 Å². The molecule has 1 aliphatic heterocycles. The molecule has 2 heterocycles. The molecular weight excluding hydrogens is 272 g/mol. The Balaban J connectivity index is 1.87. The van der Waals surface area contributed by atoms with E-state index < -0.39 is 0 Å². The number of nitrogens with one attached hydrogen (secondary N) is 1. The van der Waals surface area contributed by atoms with Crippen molar-refractivity contribution in [1.29, 1.82) is 0 Å². The van der Waals surface area contributed by atoms with E-state index in [1.54, 1.807) is 21.3 Å². The van der Waals surface area contributed by atoms with Crippen molar-refractivity contribution in [2.75, 3.05) is 52.5 Å². The van der Waals surface area contributed by atoms with E-state index in [0.29, 0.717) is 6.61 Å². The normalized spacial score (nSPS) is 22.0. The molecule has 0 aliphatic carbocycles. The zero-order chi connectivity index (χ0) is 15.1. The van der Waals surface area contributed by atoms with Gasteiger partial charge in [0.05, 0.1) is 6.61 Å². The first-order chi connectivity index (χ1) is 10.3. The summed E-state index contributed by atoms with van der Waals surface area (Å²) < 4.78 is 15.8. The fourth-order valence-electron chi connectivity index (χ4n) is 2.37. The molecule has 1 aliphatic rings. The van der Waals surface area contributed by atoms with Crippen LogP contribution in [0.15, 0.2) is 12.4 Å². The average molecular weight is 296 g/mol. The van der Waals surface area contributed by atoms with Crippen molar-refractivity contribution < 1.29 is 14.2 Å². The molecule has 2 atom stereocenters. The molecule has 118 valence electrons. The molecule has 0 bridgehead atoms. The SMILES string of the molecule is COCCNCc1cnc(N2CC(OC)C(OC)C2)nc1. The number of nitrogens with zero attached hydrogens (tertiary/aromatic N) is 3. The van der Waals surface area contributed by atoms with Gasteiger partial charge in [-0.15, -0.1) is 0 Å². The second kappa shape index (κ2) is 8.23. The molecule has 1 N–H and O–H groups in total. The molecule has 0 spiro atoms. The van der Waals surface area contributed by atoms with E-state index in [1.807, 2.05) is 12.4 Å². The van der Waals surface area contributed by atoms with Crippen molar-refractivity contribution in [3.05, 3.63) is 18.0 Å². The predicted molar refractivity (Wildman–Crippen MR) is 79.4 cm³/mol. The van der Waals surface area contributed by atoms with Crippen LogP contribution in [-0.2, 0) is 20.8 Å². The Kier molecular flexibility index (Phi) is 6.31. The van der Waals surface area contributed by atoms with Crippen LogP contribution in [0, 0.1) is 0 Å². The van der Waals surface area contributed by atoms with Crippen LogP contribution in [0.25, 0.3) is 0 Å². The second-order valence-electron chi connectivity index (χ2n) is 5.01. The number of hydrogen-bond acceptors (Lipinski definition) is 7. The van der Waals surface area contributed by atoms with Gasteiger partial charge in [-0.25, -0.2) is 9.97 Å². The summed E-state index contributed by atoms with van der Waals surface area (Å²) in [6.45, 7) is 3.75. The molecule has 1 saturated heterocycles. The van der Waals surface area contributed by atoms with E-state index in [9.17, 15) is 0 Å². The maximum atomic E-state index is 5.42. The van der Waals surface area contributed by atoms with Gasteiger partial charge in [0.25, 0.3) is 0 Å². The first kappa shape index (κ1) is 16.1. The quantitative estimate of drug-likeness (QED) is 0.680. The van der Waals surface area contributed by atoms with Crippen LogP contribution in [0.5, 0.6) is 0 Å². The lowest BCUT2D eigenvalue weighted by molar-refractivity contribution is -0.00461. The number of aromatic nitrogens is 2. The molecule has 0 amide bonds. The number of rotatable bonds is 8. The Hall–Kier alpha value is -1.28. The highest BCUT2D eigenvalue weighted by molar-refractivity contribution is 5.33. The van der Waals surface area contributed by atoms with Crippen molar-refractivity contribution >= 4 is 5.95 Å². The first-order valence-electron chi connectivity index (χ1n) is 7.09. The predicted octanol–water partition coefficient (Wildman–Crippen LogP) is 0.0626. The summed E-state index contributed by atoms with van der Waals surface area (Å²) in [4.78, 5) is 10.9. The monoisotopic (exact) mass is 296 g/mol. The third-order valence-corrected chi connectivity index (χ3v) is 3.61. The Bertz CT molecular complexity index is 403. The fraction of sp³-hybridized carbons (Fsp3) is 0.714. The van der Waals surface area contributed by atoms with E-state index in [2.05, 4.69) is 20.2 Å². The van der Waals surface area contributed by atoms with Gasteiger partial charge in [0, 0.05) is 65.5 Å². The van der Waals surface area contributed by atoms with Crippen LogP contribution in [-0.4, -0.2) is 69.7 Å². The summed E-state index contributed by atoms with van der Waals surface area (Å²) in [5.41, 5.74) is 1.06. The van der Waals surface area contributed by atoms with Gasteiger partial charge < -0.3 is 24.4 Å². The van der Waals surface area contributed by atoms with Gasteiger partial charge in [0.2, 0.25) is 5.95 Å². The number of anilines is 1. The van der Waals surface area contributed by atoms with Crippen LogP contribution in [0.1, 0.15) is 5.56 Å². The maximum absolute atomic E-state index is 5.42. The lowest BCUT2D eigenvalue weighted by atomic mass is 10.3. The smallest absolute Gasteiger partial charge is 0.225 e. The molecule has 0 saturated carbocycles. The second-order valence-corrected chi connectivity index (χ2v) is 5.01. The summed E-state index contributed by atoms with van der Waals surface area (Å²) in [6, 6.07) is 0. The molecule has 0 aromatic carbocycles. The Morgan fingerprint density at radius 1 is 1.14 bits per heavy atom. The van der Waals surface area contributed by atoms with E-state index >= 15 is 0 Å². The van der Waals surface area contributed by atoms with Crippen LogP contribution in [0.2, 0.25) is 0 Å². The molecule has 0 radical (unpaired) electrons. The molecule has 1 aromatic rings. The summed E-state index contributed by atoms with van der Waals surface area (Å²) in [5.74, 6) is 0.720. The van der Waals surface area contributed by atoms with Crippen LogP contribution >= 0.6 is 0 Å². The van der Waals surface area contributed by atoms with Gasteiger partial charge in [-0.3, -0.25) is 0 Å². The van der Waals surface area contributed by atoms with Gasteiger partial charge in [-0.05, 0) is 0 Å². The van der Waals surface area contributed by atoms with Crippen molar-refractivity contribution in [3.8, 4) is 0 Å². The highest BCUT2D eigenvalue weighted by Crippen LogP contribution is 2.19. The van der Waals surface area contributed by atoms with Crippen molar-refractivity contribution in [3.63, 3.8) is 0 Å². The standard InChI is InChI=1S/C14H24N4O3/c1-19-5-4-15-6-11-7-16-14(17-8-11)18-9-12(20-2)13(10-18)21-3/h7-8,12-13,15H,4-6,9-10H2,1-3H3. The van der Waals surface area contributed by atoms with Crippen LogP contribution < -0.4 is 10.2 Å². The Morgan fingerprint density at radius 3 is 2.29 bits per heavy atom. The van der Waals surface area contributed by atoms with Gasteiger partial charge in [-0.1, -0.05) is 0 Å². The molecule has 7 nitrogen and oxygen atoms in total. The highest BCUT2D eigenvalue weighted by atomic mass is 16.5. The largest absolute Gasteiger partial charge is 0.383 e. The van der Waals surface area contributed by atoms with E-state index in [4.69, 9.17) is 14.2 Å². The zero-order valence-electron chi connectivity index (χ0n) is 12.9. The number of ether oxygens (including phenoxy) is 3. The topological polar surface area (TPSA) is 68.7 Å². The van der Waals surface area contributed by atoms with Gasteiger partial charge in [0.15, 0.2) is 0 Å². The summed E-state index contributed by atoms with van der Waals surface area (Å²) in [7, 11) is 5.10. The van der Waals surface area contributed by atoms with Crippen molar-refractivity contribution in [1.82, 2.24) is 15.3 Å². The van der Waals surface area contributed by atoms with E-state index in [1.165, 1.54) is 0 Å². The average Bonchev–Trinajstić information content (AvgIpc) is 2.95. The number of hydrogen-bond donors (Lipinski definition) is 1. The molecule has 7 heteroatoms. The lowest BCUT2D eigenvalue weighted by Crippen LogP contribution is -2.27. The third-order valence-electron chi connectivity index (χ3n) is 3.61. The minimum Gasteiger partial charge on any atom is -0.383 e. The van der Waals surface area contributed by atoms with Gasteiger partial charge >= 0.3 is 0 Å². The van der Waals surface area contributed by atoms with Gasteiger partial charge in [0.1, 0.15) is 12.2 Å². The molecule has 2 rings (SSSR count). The Labute approximate surface area is 125 Å². The molecule has 1 aromatic heterocycles. The number of methoxy groups -OCH3 is 3. The van der Waals surface area contributed by atoms with Crippen LogP contribution in [0.4, 0.5) is 5.95 Å². The third kappa shape index (κ3) is 4.34. The van der Waals surface area contributed by atoms with E-state index in [0.717, 1.165) is 37.7 Å². The van der Waals surface area contributed by atoms with Crippen molar-refractivity contribution in [2.24, 2.45) is 0 Å².